The summed E-state index contributed by atoms with van der Waals surface area (Å²) >= 11 is 1.33. The molecule has 9 heteroatoms. The number of aromatic nitrogens is 7. The van der Waals surface area contributed by atoms with Gasteiger partial charge in [-0.2, -0.15) is 9.36 Å². The second-order valence-electron chi connectivity index (χ2n) is 6.33. The number of thioether (sulfide) groups is 1. The highest BCUT2D eigenvalue weighted by atomic mass is 32.2. The Balaban J connectivity index is 1.52. The number of tetrazole rings is 1. The number of rotatable bonds is 7. The Morgan fingerprint density at radius 1 is 1.00 bits per heavy atom. The maximum absolute atomic E-state index is 12.6. The van der Waals surface area contributed by atoms with E-state index in [0.29, 0.717) is 16.1 Å². The van der Waals surface area contributed by atoms with E-state index in [1.807, 2.05) is 24.3 Å². The lowest BCUT2D eigenvalue weighted by Crippen LogP contribution is -2.23. The number of fused-ring (bicyclic) bond motifs is 1. The minimum Gasteiger partial charge on any atom is -0.267 e. The molecule has 2 aromatic heterocycles. The lowest BCUT2D eigenvalue weighted by Gasteiger charge is -2.07. The van der Waals surface area contributed by atoms with Gasteiger partial charge in [0, 0.05) is 0 Å². The van der Waals surface area contributed by atoms with Gasteiger partial charge in [0.2, 0.25) is 5.16 Å². The van der Waals surface area contributed by atoms with Gasteiger partial charge in [-0.05, 0) is 53.1 Å². The summed E-state index contributed by atoms with van der Waals surface area (Å²) in [6.45, 7) is 2.18. The van der Waals surface area contributed by atoms with Crippen LogP contribution < -0.4 is 5.56 Å². The molecule has 0 saturated heterocycles. The molecular weight excluding hydrogens is 374 g/mol. The lowest BCUT2D eigenvalue weighted by molar-refractivity contribution is 0.642. The summed E-state index contributed by atoms with van der Waals surface area (Å²) in [6.07, 6.45) is 3.41. The van der Waals surface area contributed by atoms with Crippen LogP contribution >= 0.6 is 11.8 Å². The van der Waals surface area contributed by atoms with Gasteiger partial charge < -0.3 is 0 Å². The Hall–Kier alpha value is -3.07. The second kappa shape index (κ2) is 8.30. The number of benzene rings is 2. The van der Waals surface area contributed by atoms with Crippen molar-refractivity contribution in [3.63, 3.8) is 0 Å². The van der Waals surface area contributed by atoms with Crippen molar-refractivity contribution in [1.29, 1.82) is 0 Å². The summed E-state index contributed by atoms with van der Waals surface area (Å²) in [5.74, 6) is 0.269. The third kappa shape index (κ3) is 3.79. The van der Waals surface area contributed by atoms with Crippen LogP contribution in [0, 0.1) is 0 Å². The van der Waals surface area contributed by atoms with Gasteiger partial charge in [-0.1, -0.05) is 54.6 Å². The highest BCUT2D eigenvalue weighted by Crippen LogP contribution is 2.20. The Bertz CT molecular complexity index is 1140. The van der Waals surface area contributed by atoms with Crippen LogP contribution in [0.5, 0.6) is 0 Å². The van der Waals surface area contributed by atoms with Gasteiger partial charge in [0.1, 0.15) is 5.52 Å². The van der Waals surface area contributed by atoms with E-state index in [-0.39, 0.29) is 11.4 Å². The monoisotopic (exact) mass is 393 g/mol. The number of nitrogens with zero attached hydrogens (tertiary/aromatic N) is 7. The zero-order valence-electron chi connectivity index (χ0n) is 15.4. The molecule has 142 valence electrons. The fourth-order valence-electron chi connectivity index (χ4n) is 2.84. The van der Waals surface area contributed by atoms with Crippen molar-refractivity contribution in [3.05, 3.63) is 64.4 Å². The van der Waals surface area contributed by atoms with Crippen LogP contribution in [0.3, 0.4) is 0 Å². The normalized spacial score (nSPS) is 11.2. The Labute approximate surface area is 165 Å². The molecule has 0 N–H and O–H groups in total. The molecule has 4 rings (SSSR count). The van der Waals surface area contributed by atoms with Crippen molar-refractivity contribution >= 4 is 22.7 Å². The molecule has 2 heterocycles. The molecule has 0 radical (unpaired) electrons. The van der Waals surface area contributed by atoms with Crippen LogP contribution in [0.1, 0.15) is 25.3 Å². The van der Waals surface area contributed by atoms with E-state index in [0.717, 1.165) is 12.1 Å². The Morgan fingerprint density at radius 3 is 2.64 bits per heavy atom. The summed E-state index contributed by atoms with van der Waals surface area (Å²) in [4.78, 5) is 12.6. The molecule has 2 aromatic carbocycles. The van der Waals surface area contributed by atoms with Crippen molar-refractivity contribution in [2.75, 3.05) is 0 Å². The van der Waals surface area contributed by atoms with E-state index in [4.69, 9.17) is 0 Å². The van der Waals surface area contributed by atoms with Gasteiger partial charge in [0.15, 0.2) is 0 Å². The van der Waals surface area contributed by atoms with Gasteiger partial charge in [-0.25, -0.2) is 0 Å². The molecule has 28 heavy (non-hydrogen) atoms. The van der Waals surface area contributed by atoms with Crippen molar-refractivity contribution < 1.29 is 0 Å². The van der Waals surface area contributed by atoms with Crippen molar-refractivity contribution in [2.45, 2.75) is 37.2 Å². The van der Waals surface area contributed by atoms with Crippen molar-refractivity contribution in [1.82, 2.24) is 35.2 Å². The first-order chi connectivity index (χ1) is 13.8. The van der Waals surface area contributed by atoms with Crippen LogP contribution in [0.2, 0.25) is 0 Å². The molecule has 0 aliphatic carbocycles. The first kappa shape index (κ1) is 18.3. The van der Waals surface area contributed by atoms with Gasteiger partial charge in [-0.3, -0.25) is 4.79 Å². The highest BCUT2D eigenvalue weighted by molar-refractivity contribution is 7.98. The highest BCUT2D eigenvalue weighted by Gasteiger charge is 2.11. The standard InChI is InChI=1S/C19H19N7OS/c1-2-3-6-14-9-11-15(12-10-14)26-19(21-22-24-26)28-13-25-18(27)16-7-4-5-8-17(16)20-23-25/h4-5,7-12H,2-3,6,13H2,1H3. The first-order valence-electron chi connectivity index (χ1n) is 9.09. The summed E-state index contributed by atoms with van der Waals surface area (Å²) in [5.41, 5.74) is 2.58. The third-order valence-corrected chi connectivity index (χ3v) is 5.27. The van der Waals surface area contributed by atoms with Crippen LogP contribution in [-0.4, -0.2) is 35.2 Å². The topological polar surface area (TPSA) is 91.4 Å². The van der Waals surface area contributed by atoms with Gasteiger partial charge in [-0.15, -0.1) is 10.2 Å². The fraction of sp³-hybridized carbons (Fsp3) is 0.263. The maximum atomic E-state index is 12.6. The van der Waals surface area contributed by atoms with E-state index >= 15 is 0 Å². The molecule has 0 bridgehead atoms. The summed E-state index contributed by atoms with van der Waals surface area (Å²) in [5, 5.41) is 21.2. The zero-order chi connectivity index (χ0) is 19.3. The molecular formula is C19H19N7OS. The molecule has 0 aliphatic heterocycles. The summed E-state index contributed by atoms with van der Waals surface area (Å²) in [7, 11) is 0. The van der Waals surface area contributed by atoms with E-state index < -0.39 is 0 Å². The average Bonchev–Trinajstić information content (AvgIpc) is 3.21. The molecule has 0 amide bonds. The molecule has 0 unspecified atom stereocenters. The van der Waals surface area contributed by atoms with Crippen molar-refractivity contribution in [2.24, 2.45) is 0 Å². The van der Waals surface area contributed by atoms with E-state index in [9.17, 15) is 4.79 Å². The average molecular weight is 393 g/mol. The van der Waals surface area contributed by atoms with E-state index in [1.54, 1.807) is 16.8 Å². The predicted molar refractivity (Wildman–Crippen MR) is 107 cm³/mol. The maximum Gasteiger partial charge on any atom is 0.278 e. The quantitative estimate of drug-likeness (QED) is 0.446. The first-order valence-corrected chi connectivity index (χ1v) is 10.1. The van der Waals surface area contributed by atoms with Crippen molar-refractivity contribution in [3.8, 4) is 5.69 Å². The van der Waals surface area contributed by atoms with Gasteiger partial charge in [0.05, 0.1) is 17.0 Å². The molecule has 0 fully saturated rings. The van der Waals surface area contributed by atoms with E-state index in [1.165, 1.54) is 34.8 Å². The van der Waals surface area contributed by atoms with Crippen LogP contribution in [0.15, 0.2) is 58.5 Å². The predicted octanol–water partition coefficient (Wildman–Crippen LogP) is 2.86. The Kier molecular flexibility index (Phi) is 5.43. The molecule has 4 aromatic rings. The number of unbranched alkanes of at least 4 members (excludes halogenated alkanes) is 1. The number of hydrogen-bond acceptors (Lipinski definition) is 7. The molecule has 0 aliphatic rings. The molecule has 0 saturated carbocycles. The minimum atomic E-state index is -0.183. The molecule has 0 spiro atoms. The minimum absolute atomic E-state index is 0.183. The van der Waals surface area contributed by atoms with Crippen LogP contribution in [-0.2, 0) is 12.3 Å². The Morgan fingerprint density at radius 2 is 1.82 bits per heavy atom. The third-order valence-electron chi connectivity index (χ3n) is 4.39. The molecule has 0 atom stereocenters. The number of aryl methyl sites for hydroxylation is 1. The lowest BCUT2D eigenvalue weighted by atomic mass is 10.1. The largest absolute Gasteiger partial charge is 0.278 e. The smallest absolute Gasteiger partial charge is 0.267 e. The second-order valence-corrected chi connectivity index (χ2v) is 7.24. The van der Waals surface area contributed by atoms with Crippen LogP contribution in [0.4, 0.5) is 0 Å². The van der Waals surface area contributed by atoms with Crippen LogP contribution in [0.25, 0.3) is 16.6 Å². The number of hydrogen-bond donors (Lipinski definition) is 0. The van der Waals surface area contributed by atoms with E-state index in [2.05, 4.69) is 44.9 Å². The zero-order valence-corrected chi connectivity index (χ0v) is 16.2. The summed E-state index contributed by atoms with van der Waals surface area (Å²) < 4.78 is 2.98. The van der Waals surface area contributed by atoms with Gasteiger partial charge >= 0.3 is 0 Å². The summed E-state index contributed by atoms with van der Waals surface area (Å²) in [6, 6.07) is 15.4. The molecule has 8 nitrogen and oxygen atoms in total. The SMILES string of the molecule is CCCCc1ccc(-n2nnnc2SCn2nnc3ccccc3c2=O)cc1. The van der Waals surface area contributed by atoms with Gasteiger partial charge in [0.25, 0.3) is 5.56 Å². The fourth-order valence-corrected chi connectivity index (χ4v) is 3.61.